The average molecular weight is 573 g/mol. The minimum Gasteiger partial charge on any atom is -0.369 e. The minimum atomic E-state index is -4.59. The Balaban J connectivity index is 1.27. The van der Waals surface area contributed by atoms with E-state index in [4.69, 9.17) is 11.6 Å². The predicted octanol–water partition coefficient (Wildman–Crippen LogP) is 6.23. The molecule has 7 nitrogen and oxygen atoms in total. The van der Waals surface area contributed by atoms with Crippen LogP contribution >= 0.6 is 11.6 Å². The molecule has 0 spiro atoms. The molecule has 1 saturated heterocycles. The molecule has 5 rings (SSSR count). The van der Waals surface area contributed by atoms with Crippen LogP contribution in [0.15, 0.2) is 67.1 Å². The molecule has 0 aliphatic carbocycles. The van der Waals surface area contributed by atoms with Gasteiger partial charge >= 0.3 is 6.18 Å². The monoisotopic (exact) mass is 572 g/mol. The smallest absolute Gasteiger partial charge is 0.369 e. The molecule has 2 N–H and O–H groups in total. The van der Waals surface area contributed by atoms with Crippen LogP contribution < -0.4 is 5.32 Å². The van der Waals surface area contributed by atoms with Gasteiger partial charge in [-0.25, -0.2) is 24.3 Å². The Morgan fingerprint density at radius 1 is 1.00 bits per heavy atom. The van der Waals surface area contributed by atoms with Crippen molar-refractivity contribution in [3.05, 3.63) is 101 Å². The summed E-state index contributed by atoms with van der Waals surface area (Å²) >= 11 is 5.92. The highest BCUT2D eigenvalue weighted by molar-refractivity contribution is 6.29. The topological polar surface area (TPSA) is 87.1 Å². The van der Waals surface area contributed by atoms with Crippen molar-refractivity contribution in [3.63, 3.8) is 0 Å². The Morgan fingerprint density at radius 2 is 1.70 bits per heavy atom. The Kier molecular flexibility index (Phi) is 8.24. The summed E-state index contributed by atoms with van der Waals surface area (Å²) in [6, 6.07) is 12.9. The molecule has 208 valence electrons. The van der Waals surface area contributed by atoms with Crippen molar-refractivity contribution in [2.45, 2.75) is 37.7 Å². The lowest BCUT2D eigenvalue weighted by atomic mass is 9.91. The van der Waals surface area contributed by atoms with Gasteiger partial charge in [-0.1, -0.05) is 35.9 Å². The van der Waals surface area contributed by atoms with E-state index < -0.39 is 23.9 Å². The van der Waals surface area contributed by atoms with Gasteiger partial charge in [0.2, 0.25) is 0 Å². The Bertz CT molecular complexity index is 1440. The van der Waals surface area contributed by atoms with E-state index in [0.29, 0.717) is 49.6 Å². The molecule has 0 saturated carbocycles. The number of anilines is 1. The second kappa shape index (κ2) is 11.8. The fourth-order valence-electron chi connectivity index (χ4n) is 4.73. The molecule has 3 aromatic heterocycles. The number of likely N-dealkylation sites (tertiary alicyclic amines) is 1. The van der Waals surface area contributed by atoms with Crippen LogP contribution in [-0.2, 0) is 12.7 Å². The van der Waals surface area contributed by atoms with E-state index in [-0.39, 0.29) is 16.8 Å². The number of pyridine rings is 2. The number of aliphatic hydroxyl groups is 1. The summed E-state index contributed by atoms with van der Waals surface area (Å²) in [4.78, 5) is 18.1. The third-order valence-corrected chi connectivity index (χ3v) is 6.99. The van der Waals surface area contributed by atoms with Crippen molar-refractivity contribution in [1.82, 2.24) is 24.8 Å². The van der Waals surface area contributed by atoms with E-state index in [9.17, 15) is 22.7 Å². The number of nitrogens with zero attached hydrogens (tertiary/aromatic N) is 5. The number of halogens is 5. The number of hydrogen-bond donors (Lipinski definition) is 2. The largest absolute Gasteiger partial charge is 0.433 e. The molecule has 0 radical (unpaired) electrons. The molecular formula is C28H25ClF4N6O. The fraction of sp³-hybridized carbons (Fsp3) is 0.286. The van der Waals surface area contributed by atoms with Gasteiger partial charge < -0.3 is 10.4 Å². The first-order valence-corrected chi connectivity index (χ1v) is 13.0. The minimum absolute atomic E-state index is 0.190. The summed E-state index contributed by atoms with van der Waals surface area (Å²) in [5.41, 5.74) is 1.90. The number of aromatic nitrogens is 4. The van der Waals surface area contributed by atoms with Gasteiger partial charge in [-0.2, -0.15) is 13.2 Å². The summed E-state index contributed by atoms with van der Waals surface area (Å²) in [5, 5.41) is 13.8. The number of piperidine rings is 1. The van der Waals surface area contributed by atoms with Crippen LogP contribution in [0.25, 0.3) is 11.4 Å². The third kappa shape index (κ3) is 6.72. The molecule has 1 atom stereocenters. The van der Waals surface area contributed by atoms with Crippen molar-refractivity contribution in [1.29, 1.82) is 0 Å². The highest BCUT2D eigenvalue weighted by Gasteiger charge is 2.34. The SMILES string of the molecule is OC(Nc1ccc(C(F)(F)F)nc1C1CCN(Cc2ccc(-c3ncc(F)cn3)cc2)CC1)c1ccnc(Cl)c1. The standard InChI is InChI=1S/C28H25ClF4N6O/c29-24-13-20(7-10-34-24)27(40)37-22-5-6-23(28(31,32)33)38-25(22)18-8-11-39(12-9-18)16-17-1-3-19(4-2-17)26-35-14-21(30)15-36-26/h1-7,10,13-15,18,27,37,40H,8-9,11-12,16H2. The summed E-state index contributed by atoms with van der Waals surface area (Å²) in [5.74, 6) is -0.293. The zero-order valence-corrected chi connectivity index (χ0v) is 21.9. The molecule has 1 aromatic carbocycles. The molecule has 1 aliphatic heterocycles. The first-order valence-electron chi connectivity index (χ1n) is 12.6. The van der Waals surface area contributed by atoms with Crippen LogP contribution in [0.5, 0.6) is 0 Å². The summed E-state index contributed by atoms with van der Waals surface area (Å²) in [6.45, 7) is 1.99. The van der Waals surface area contributed by atoms with Crippen molar-refractivity contribution >= 4 is 17.3 Å². The average Bonchev–Trinajstić information content (AvgIpc) is 2.94. The van der Waals surface area contributed by atoms with Gasteiger partial charge in [0.15, 0.2) is 17.9 Å². The Hall–Kier alpha value is -3.67. The van der Waals surface area contributed by atoms with Gasteiger partial charge in [-0.3, -0.25) is 4.90 Å². The number of nitrogens with one attached hydrogen (secondary N) is 1. The van der Waals surface area contributed by atoms with Crippen molar-refractivity contribution in [3.8, 4) is 11.4 Å². The highest BCUT2D eigenvalue weighted by Crippen LogP contribution is 2.37. The Labute approximate surface area is 232 Å². The maximum Gasteiger partial charge on any atom is 0.433 e. The van der Waals surface area contributed by atoms with E-state index in [0.717, 1.165) is 29.6 Å². The van der Waals surface area contributed by atoms with Crippen LogP contribution in [0, 0.1) is 5.82 Å². The molecule has 4 heterocycles. The predicted molar refractivity (Wildman–Crippen MR) is 142 cm³/mol. The lowest BCUT2D eigenvalue weighted by molar-refractivity contribution is -0.141. The first-order chi connectivity index (χ1) is 19.2. The molecule has 0 amide bonds. The molecule has 1 unspecified atom stereocenters. The van der Waals surface area contributed by atoms with E-state index >= 15 is 0 Å². The normalized spacial score (nSPS) is 15.7. The van der Waals surface area contributed by atoms with Crippen molar-refractivity contribution in [2.75, 3.05) is 18.4 Å². The van der Waals surface area contributed by atoms with Gasteiger partial charge in [0.05, 0.1) is 23.8 Å². The maximum atomic E-state index is 13.5. The second-order valence-electron chi connectivity index (χ2n) is 9.56. The van der Waals surface area contributed by atoms with Crippen LogP contribution in [0.4, 0.5) is 23.2 Å². The van der Waals surface area contributed by atoms with Gasteiger partial charge in [-0.05, 0) is 55.8 Å². The molecule has 1 fully saturated rings. The molecular weight excluding hydrogens is 548 g/mol. The van der Waals surface area contributed by atoms with E-state index in [1.807, 2.05) is 24.3 Å². The van der Waals surface area contributed by atoms with Crippen LogP contribution in [0.1, 0.15) is 47.5 Å². The van der Waals surface area contributed by atoms with Crippen LogP contribution in [-0.4, -0.2) is 43.0 Å². The number of alkyl halides is 3. The summed E-state index contributed by atoms with van der Waals surface area (Å²) in [6.07, 6.45) is -0.915. The lowest BCUT2D eigenvalue weighted by Gasteiger charge is -2.33. The van der Waals surface area contributed by atoms with Gasteiger partial charge in [0.1, 0.15) is 10.8 Å². The third-order valence-electron chi connectivity index (χ3n) is 6.79. The lowest BCUT2D eigenvalue weighted by Crippen LogP contribution is -2.33. The number of hydrogen-bond acceptors (Lipinski definition) is 7. The van der Waals surface area contributed by atoms with E-state index in [1.54, 1.807) is 6.07 Å². The number of aliphatic hydroxyl groups excluding tert-OH is 1. The number of rotatable bonds is 7. The van der Waals surface area contributed by atoms with E-state index in [1.165, 1.54) is 18.3 Å². The first kappa shape index (κ1) is 27.9. The summed E-state index contributed by atoms with van der Waals surface area (Å²) < 4.78 is 53.6. The Morgan fingerprint density at radius 3 is 2.35 bits per heavy atom. The van der Waals surface area contributed by atoms with Gasteiger partial charge in [0, 0.05) is 29.8 Å². The van der Waals surface area contributed by atoms with E-state index in [2.05, 4.69) is 30.2 Å². The fourth-order valence-corrected chi connectivity index (χ4v) is 4.91. The van der Waals surface area contributed by atoms with Gasteiger partial charge in [0.25, 0.3) is 0 Å². The second-order valence-corrected chi connectivity index (χ2v) is 9.95. The van der Waals surface area contributed by atoms with Crippen molar-refractivity contribution < 1.29 is 22.7 Å². The molecule has 1 aliphatic rings. The highest BCUT2D eigenvalue weighted by atomic mass is 35.5. The molecule has 12 heteroatoms. The maximum absolute atomic E-state index is 13.5. The quantitative estimate of drug-likeness (QED) is 0.154. The van der Waals surface area contributed by atoms with Crippen molar-refractivity contribution in [2.24, 2.45) is 0 Å². The molecule has 40 heavy (non-hydrogen) atoms. The molecule has 4 aromatic rings. The van der Waals surface area contributed by atoms with Crippen LogP contribution in [0.3, 0.4) is 0 Å². The van der Waals surface area contributed by atoms with Gasteiger partial charge in [-0.15, -0.1) is 0 Å². The summed E-state index contributed by atoms with van der Waals surface area (Å²) in [7, 11) is 0. The van der Waals surface area contributed by atoms with Crippen LogP contribution in [0.2, 0.25) is 5.15 Å². The number of benzene rings is 1. The zero-order chi connectivity index (χ0) is 28.3. The molecule has 0 bridgehead atoms. The zero-order valence-electron chi connectivity index (χ0n) is 21.1.